The summed E-state index contributed by atoms with van der Waals surface area (Å²) < 4.78 is 10.7. The summed E-state index contributed by atoms with van der Waals surface area (Å²) in [5.74, 6) is -0.728. The monoisotopic (exact) mass is 444 g/mol. The number of aliphatic hydroxyl groups is 1. The Labute approximate surface area is 191 Å². The number of hydrogen-bond acceptors (Lipinski definition) is 6. The lowest BCUT2D eigenvalue weighted by atomic mass is 9.97. The Morgan fingerprint density at radius 3 is 2.55 bits per heavy atom. The summed E-state index contributed by atoms with van der Waals surface area (Å²) >= 11 is 0. The number of pyridine rings is 1. The predicted octanol–water partition coefficient (Wildman–Crippen LogP) is 4.03. The Balaban J connectivity index is 1.88. The van der Waals surface area contributed by atoms with Crippen LogP contribution in [0.15, 0.2) is 72.4 Å². The van der Waals surface area contributed by atoms with Crippen molar-refractivity contribution in [3.05, 3.63) is 94.8 Å². The van der Waals surface area contributed by atoms with E-state index in [1.165, 1.54) is 12.0 Å². The number of carbonyl (C=O) groups excluding carboxylic acids is 2. The third-order valence-electron chi connectivity index (χ3n) is 5.61. The highest BCUT2D eigenvalue weighted by Gasteiger charge is 2.47. The van der Waals surface area contributed by atoms with Gasteiger partial charge >= 0.3 is 0 Å². The lowest BCUT2D eigenvalue weighted by Crippen LogP contribution is -2.29. The van der Waals surface area contributed by atoms with Crippen molar-refractivity contribution in [3.63, 3.8) is 0 Å². The van der Waals surface area contributed by atoms with Crippen LogP contribution in [-0.4, -0.2) is 40.9 Å². The van der Waals surface area contributed by atoms with Gasteiger partial charge < -0.3 is 19.5 Å². The molecule has 1 atom stereocenters. The topological polar surface area (TPSA) is 89.0 Å². The molecular weight excluding hydrogens is 420 g/mol. The molecule has 1 amide bonds. The number of aryl methyl sites for hydroxylation is 1. The lowest BCUT2D eigenvalue weighted by molar-refractivity contribution is -0.140. The molecule has 1 saturated heterocycles. The molecule has 1 aromatic heterocycles. The number of aliphatic hydroxyl groups excluding tert-OH is 1. The number of ether oxygens (including phenoxy) is 2. The van der Waals surface area contributed by atoms with Crippen molar-refractivity contribution in [1.82, 2.24) is 9.88 Å². The largest absolute Gasteiger partial charge is 0.507 e. The van der Waals surface area contributed by atoms with E-state index in [-0.39, 0.29) is 17.9 Å². The van der Waals surface area contributed by atoms with E-state index in [0.717, 1.165) is 11.1 Å². The van der Waals surface area contributed by atoms with Crippen LogP contribution in [0.3, 0.4) is 0 Å². The number of hydrogen-bond donors (Lipinski definition) is 1. The van der Waals surface area contributed by atoms with E-state index in [9.17, 15) is 14.7 Å². The van der Waals surface area contributed by atoms with Gasteiger partial charge in [-0.05, 0) is 48.9 Å². The summed E-state index contributed by atoms with van der Waals surface area (Å²) in [5.41, 5.74) is 2.46. The second-order valence-electron chi connectivity index (χ2n) is 7.74. The zero-order valence-electron chi connectivity index (χ0n) is 18.6. The van der Waals surface area contributed by atoms with Crippen LogP contribution in [0.2, 0.25) is 0 Å². The van der Waals surface area contributed by atoms with Gasteiger partial charge in [-0.1, -0.05) is 29.8 Å². The second-order valence-corrected chi connectivity index (χ2v) is 7.74. The fourth-order valence-electron chi connectivity index (χ4n) is 4.01. The smallest absolute Gasteiger partial charge is 0.296 e. The van der Waals surface area contributed by atoms with Crippen molar-refractivity contribution in [2.24, 2.45) is 0 Å². The molecule has 1 aliphatic rings. The standard InChI is InChI=1S/C26H24N2O5/c1-16-10-11-21(33-3)19(13-16)24(29)22-23(20-9-4-5-12-27-20)28(26(31)25(22)30)15-17-7-6-8-18(14-17)32-2/h4-14,23,29H,15H2,1-3H3/b24-22+. The van der Waals surface area contributed by atoms with Crippen LogP contribution in [0, 0.1) is 6.92 Å². The van der Waals surface area contributed by atoms with E-state index in [1.54, 1.807) is 55.8 Å². The van der Waals surface area contributed by atoms with Gasteiger partial charge in [-0.2, -0.15) is 0 Å². The number of carbonyl (C=O) groups is 2. The molecule has 1 N–H and O–H groups in total. The number of rotatable bonds is 6. The molecule has 4 rings (SSSR count). The molecule has 7 heteroatoms. The van der Waals surface area contributed by atoms with E-state index < -0.39 is 17.7 Å². The van der Waals surface area contributed by atoms with Crippen molar-refractivity contribution in [2.45, 2.75) is 19.5 Å². The summed E-state index contributed by atoms with van der Waals surface area (Å²) in [6.07, 6.45) is 1.59. The number of Topliss-reactive ketones (excluding diaryl/α,β-unsaturated/α-hetero) is 1. The third-order valence-corrected chi connectivity index (χ3v) is 5.61. The van der Waals surface area contributed by atoms with Crippen LogP contribution in [0.4, 0.5) is 0 Å². The van der Waals surface area contributed by atoms with Crippen molar-refractivity contribution >= 4 is 17.4 Å². The first-order valence-corrected chi connectivity index (χ1v) is 10.4. The molecule has 168 valence electrons. The van der Waals surface area contributed by atoms with E-state index in [0.29, 0.717) is 22.8 Å². The molecule has 0 saturated carbocycles. The highest BCUT2D eigenvalue weighted by Crippen LogP contribution is 2.41. The Morgan fingerprint density at radius 2 is 1.85 bits per heavy atom. The molecule has 0 spiro atoms. The van der Waals surface area contributed by atoms with Crippen LogP contribution >= 0.6 is 0 Å². The summed E-state index contributed by atoms with van der Waals surface area (Å²) in [6.45, 7) is 2.01. The van der Waals surface area contributed by atoms with Gasteiger partial charge in [0.1, 0.15) is 23.3 Å². The maximum Gasteiger partial charge on any atom is 0.296 e. The zero-order chi connectivity index (χ0) is 23.5. The molecule has 1 fully saturated rings. The van der Waals surface area contributed by atoms with E-state index in [1.807, 2.05) is 25.1 Å². The number of amides is 1. The molecule has 1 aliphatic heterocycles. The van der Waals surface area contributed by atoms with Gasteiger partial charge in [0.05, 0.1) is 31.1 Å². The Kier molecular flexibility index (Phi) is 6.13. The van der Waals surface area contributed by atoms with E-state index in [4.69, 9.17) is 9.47 Å². The molecule has 0 radical (unpaired) electrons. The number of ketones is 1. The van der Waals surface area contributed by atoms with Crippen molar-refractivity contribution in [3.8, 4) is 11.5 Å². The first kappa shape index (κ1) is 22.1. The lowest BCUT2D eigenvalue weighted by Gasteiger charge is -2.25. The highest BCUT2D eigenvalue weighted by atomic mass is 16.5. The molecule has 0 bridgehead atoms. The van der Waals surface area contributed by atoms with Crippen molar-refractivity contribution in [1.29, 1.82) is 0 Å². The summed E-state index contributed by atoms with van der Waals surface area (Å²) in [5, 5.41) is 11.3. The first-order chi connectivity index (χ1) is 15.9. The Morgan fingerprint density at radius 1 is 1.03 bits per heavy atom. The van der Waals surface area contributed by atoms with Gasteiger partial charge in [0.25, 0.3) is 11.7 Å². The number of benzene rings is 2. The number of methoxy groups -OCH3 is 2. The number of likely N-dealkylation sites (tertiary alicyclic amines) is 1. The molecule has 2 heterocycles. The Bertz CT molecular complexity index is 1240. The van der Waals surface area contributed by atoms with Crippen molar-refractivity contribution in [2.75, 3.05) is 14.2 Å². The molecule has 7 nitrogen and oxygen atoms in total. The van der Waals surface area contributed by atoms with E-state index >= 15 is 0 Å². The fraction of sp³-hybridized carbons (Fsp3) is 0.192. The summed E-state index contributed by atoms with van der Waals surface area (Å²) in [7, 11) is 3.05. The minimum Gasteiger partial charge on any atom is -0.507 e. The SMILES string of the molecule is COc1cccc(CN2C(=O)C(=O)/C(=C(/O)c3cc(C)ccc3OC)C2c2ccccn2)c1. The van der Waals surface area contributed by atoms with Gasteiger partial charge in [0, 0.05) is 12.7 Å². The maximum atomic E-state index is 13.2. The summed E-state index contributed by atoms with van der Waals surface area (Å²) in [4.78, 5) is 32.2. The molecule has 0 aliphatic carbocycles. The van der Waals surface area contributed by atoms with Crippen LogP contribution in [0.25, 0.3) is 5.76 Å². The van der Waals surface area contributed by atoms with E-state index in [2.05, 4.69) is 4.98 Å². The highest BCUT2D eigenvalue weighted by molar-refractivity contribution is 6.46. The zero-order valence-corrected chi connectivity index (χ0v) is 18.6. The average Bonchev–Trinajstić information content (AvgIpc) is 3.09. The molecule has 33 heavy (non-hydrogen) atoms. The van der Waals surface area contributed by atoms with Gasteiger partial charge in [0.15, 0.2) is 0 Å². The average molecular weight is 444 g/mol. The van der Waals surface area contributed by atoms with Crippen LogP contribution in [0.5, 0.6) is 11.5 Å². The number of aromatic nitrogens is 1. The molecular formula is C26H24N2O5. The third kappa shape index (κ3) is 4.17. The predicted molar refractivity (Wildman–Crippen MR) is 123 cm³/mol. The minimum absolute atomic E-state index is 0.0227. The second kappa shape index (κ2) is 9.16. The van der Waals surface area contributed by atoms with Gasteiger partial charge in [0.2, 0.25) is 0 Å². The van der Waals surface area contributed by atoms with Gasteiger partial charge in [-0.25, -0.2) is 0 Å². The quantitative estimate of drug-likeness (QED) is 0.351. The van der Waals surface area contributed by atoms with Crippen molar-refractivity contribution < 1.29 is 24.2 Å². The fourth-order valence-corrected chi connectivity index (χ4v) is 4.01. The van der Waals surface area contributed by atoms with Gasteiger partial charge in [-0.3, -0.25) is 14.6 Å². The first-order valence-electron chi connectivity index (χ1n) is 10.4. The summed E-state index contributed by atoms with van der Waals surface area (Å²) in [6, 6.07) is 17.0. The molecule has 2 aromatic carbocycles. The number of nitrogens with zero attached hydrogens (tertiary/aromatic N) is 2. The van der Waals surface area contributed by atoms with Gasteiger partial charge in [-0.15, -0.1) is 0 Å². The normalized spacial score (nSPS) is 17.3. The molecule has 1 unspecified atom stereocenters. The Hall–Kier alpha value is -4.13. The minimum atomic E-state index is -0.859. The van der Waals surface area contributed by atoms with Crippen LogP contribution in [0.1, 0.15) is 28.4 Å². The van der Waals surface area contributed by atoms with Crippen LogP contribution in [-0.2, 0) is 16.1 Å². The molecule has 3 aromatic rings. The maximum absolute atomic E-state index is 13.2. The van der Waals surface area contributed by atoms with Crippen LogP contribution < -0.4 is 9.47 Å².